The molecule has 0 fully saturated rings. The summed E-state index contributed by atoms with van der Waals surface area (Å²) in [7, 11) is 5.71. The van der Waals surface area contributed by atoms with Gasteiger partial charge in [0.25, 0.3) is 0 Å². The molecule has 0 bridgehead atoms. The van der Waals surface area contributed by atoms with Crippen molar-refractivity contribution >= 4 is 17.8 Å². The van der Waals surface area contributed by atoms with Gasteiger partial charge in [-0.3, -0.25) is 0 Å². The Kier molecular flexibility index (Phi) is 6.82. The third-order valence-electron chi connectivity index (χ3n) is 1.69. The minimum absolute atomic E-state index is 0.0417. The van der Waals surface area contributed by atoms with Crippen LogP contribution in [-0.4, -0.2) is 49.6 Å². The van der Waals surface area contributed by atoms with Crippen LogP contribution in [0.2, 0.25) is 0 Å². The molecule has 18 heavy (non-hydrogen) atoms. The first kappa shape index (κ1) is 16.2. The Bertz CT molecular complexity index is 291. The summed E-state index contributed by atoms with van der Waals surface area (Å²) in [5.41, 5.74) is 15.4. The quantitative estimate of drug-likeness (QED) is 0.563. The molecule has 0 aromatic carbocycles. The molecule has 0 radical (unpaired) electrons. The van der Waals surface area contributed by atoms with E-state index in [-0.39, 0.29) is 17.8 Å². The van der Waals surface area contributed by atoms with Crippen molar-refractivity contribution in [2.45, 2.75) is 6.16 Å². The smallest absolute Gasteiger partial charge is 0.368 e. The van der Waals surface area contributed by atoms with Crippen molar-refractivity contribution in [3.05, 3.63) is 0 Å². The van der Waals surface area contributed by atoms with E-state index in [4.69, 9.17) is 36.1 Å². The van der Waals surface area contributed by atoms with Gasteiger partial charge in [0.2, 0.25) is 17.8 Å². The molecule has 10 nitrogen and oxygen atoms in total. The summed E-state index contributed by atoms with van der Waals surface area (Å²) in [6, 6.07) is 0. The summed E-state index contributed by atoms with van der Waals surface area (Å²) < 4.78 is 18.9. The van der Waals surface area contributed by atoms with Gasteiger partial charge in [-0.1, -0.05) is 0 Å². The molecule has 0 unspecified atom stereocenters. The van der Waals surface area contributed by atoms with Gasteiger partial charge in [0.15, 0.2) is 0 Å². The molecule has 0 aliphatic heterocycles. The molecule has 0 saturated heterocycles. The van der Waals surface area contributed by atoms with Crippen molar-refractivity contribution in [2.75, 3.05) is 45.6 Å². The molecule has 0 aliphatic carbocycles. The second-order valence-electron chi connectivity index (χ2n) is 2.73. The van der Waals surface area contributed by atoms with Gasteiger partial charge in [0, 0.05) is 28.4 Å². The highest BCUT2D eigenvalue weighted by Crippen LogP contribution is 2.10. The van der Waals surface area contributed by atoms with Gasteiger partial charge >= 0.3 is 6.16 Å². The van der Waals surface area contributed by atoms with Gasteiger partial charge in [0.05, 0.1) is 0 Å². The lowest BCUT2D eigenvalue weighted by Gasteiger charge is -2.25. The van der Waals surface area contributed by atoms with Crippen LogP contribution in [0.3, 0.4) is 0 Å². The van der Waals surface area contributed by atoms with Crippen LogP contribution in [0.25, 0.3) is 0 Å². The summed E-state index contributed by atoms with van der Waals surface area (Å²) in [6.45, 7) is 0. The highest BCUT2D eigenvalue weighted by atomic mass is 17.0. The number of nitrogens with zero attached hydrogens (tertiary/aromatic N) is 3. The Morgan fingerprint density at radius 1 is 0.667 bits per heavy atom. The number of hydrogen-bond donors (Lipinski definition) is 3. The first-order valence-electron chi connectivity index (χ1n) is 4.66. The van der Waals surface area contributed by atoms with Gasteiger partial charge in [-0.15, -0.1) is 0 Å². The number of aromatic nitrogens is 3. The number of anilines is 3. The molecule has 1 rings (SSSR count). The van der Waals surface area contributed by atoms with Crippen LogP contribution < -0.4 is 17.2 Å². The van der Waals surface area contributed by atoms with E-state index >= 15 is 0 Å². The molecule has 0 saturated carbocycles. The van der Waals surface area contributed by atoms with Gasteiger partial charge < -0.3 is 36.1 Å². The number of nitrogen functional groups attached to an aromatic ring is 3. The zero-order valence-electron chi connectivity index (χ0n) is 10.7. The summed E-state index contributed by atoms with van der Waals surface area (Å²) in [6.07, 6.45) is -1.33. The van der Waals surface area contributed by atoms with Crippen molar-refractivity contribution < 1.29 is 18.9 Å². The third-order valence-corrected chi connectivity index (χ3v) is 1.69. The average molecular weight is 262 g/mol. The first-order valence-corrected chi connectivity index (χ1v) is 4.66. The van der Waals surface area contributed by atoms with E-state index < -0.39 is 6.16 Å². The van der Waals surface area contributed by atoms with E-state index in [1.165, 1.54) is 28.4 Å². The Hall–Kier alpha value is -1.75. The van der Waals surface area contributed by atoms with Gasteiger partial charge in [-0.25, -0.2) is 0 Å². The van der Waals surface area contributed by atoms with Gasteiger partial charge in [-0.2, -0.15) is 15.0 Å². The van der Waals surface area contributed by atoms with E-state index in [2.05, 4.69) is 15.0 Å². The number of rotatable bonds is 4. The second-order valence-corrected chi connectivity index (χ2v) is 2.73. The minimum Gasteiger partial charge on any atom is -0.368 e. The summed E-state index contributed by atoms with van der Waals surface area (Å²) >= 11 is 0. The van der Waals surface area contributed by atoms with Crippen LogP contribution in [0.15, 0.2) is 0 Å². The van der Waals surface area contributed by atoms with Crippen LogP contribution in [0.4, 0.5) is 17.8 Å². The molecule has 1 aromatic rings. The highest BCUT2D eigenvalue weighted by molar-refractivity contribution is 5.33. The average Bonchev–Trinajstić information content (AvgIpc) is 2.32. The lowest BCUT2D eigenvalue weighted by atomic mass is 10.9. The highest BCUT2D eigenvalue weighted by Gasteiger charge is 2.28. The van der Waals surface area contributed by atoms with E-state index in [0.29, 0.717) is 0 Å². The molecule has 1 aromatic heterocycles. The minimum atomic E-state index is -1.33. The molecule has 0 amide bonds. The lowest BCUT2D eigenvalue weighted by molar-refractivity contribution is -0.472. The monoisotopic (exact) mass is 262 g/mol. The summed E-state index contributed by atoms with van der Waals surface area (Å²) in [5, 5.41) is 0. The topological polar surface area (TPSA) is 154 Å². The van der Waals surface area contributed by atoms with Crippen molar-refractivity contribution in [2.24, 2.45) is 0 Å². The Balaban J connectivity index is 0.000000321. The Morgan fingerprint density at radius 3 is 1.00 bits per heavy atom. The third kappa shape index (κ3) is 5.05. The Labute approximate surface area is 104 Å². The lowest BCUT2D eigenvalue weighted by Crippen LogP contribution is -2.37. The summed E-state index contributed by atoms with van der Waals surface area (Å²) in [5.74, 6) is 0.125. The normalized spacial score (nSPS) is 10.7. The standard InChI is InChI=1S/C5H12O4.C3H6N6/c1-6-5(7-2,8-3)9-4;4-1-7-2(5)9-3(6)8-1/h1-4H3;(H6,4,5,6,7,8,9). The van der Waals surface area contributed by atoms with Crippen LogP contribution in [-0.2, 0) is 18.9 Å². The molecule has 0 aliphatic rings. The van der Waals surface area contributed by atoms with Crippen molar-refractivity contribution in [1.82, 2.24) is 15.0 Å². The Morgan fingerprint density at radius 2 is 0.889 bits per heavy atom. The van der Waals surface area contributed by atoms with E-state index in [9.17, 15) is 0 Å². The molecule has 10 heteroatoms. The van der Waals surface area contributed by atoms with E-state index in [0.717, 1.165) is 0 Å². The fraction of sp³-hybridized carbons (Fsp3) is 0.625. The SMILES string of the molecule is COC(OC)(OC)OC.Nc1nc(N)nc(N)n1. The van der Waals surface area contributed by atoms with E-state index in [1.807, 2.05) is 0 Å². The number of methoxy groups -OCH3 is 4. The van der Waals surface area contributed by atoms with Gasteiger partial charge in [0.1, 0.15) is 0 Å². The van der Waals surface area contributed by atoms with Crippen LogP contribution in [0.5, 0.6) is 0 Å². The number of hydrogen-bond acceptors (Lipinski definition) is 10. The molecule has 1 heterocycles. The predicted molar refractivity (Wildman–Crippen MR) is 63.8 cm³/mol. The zero-order valence-corrected chi connectivity index (χ0v) is 10.7. The van der Waals surface area contributed by atoms with Crippen LogP contribution >= 0.6 is 0 Å². The molecule has 104 valence electrons. The summed E-state index contributed by atoms with van der Waals surface area (Å²) in [4.78, 5) is 10.5. The first-order chi connectivity index (χ1) is 8.42. The largest absolute Gasteiger partial charge is 0.411 e. The van der Waals surface area contributed by atoms with Crippen LogP contribution in [0.1, 0.15) is 0 Å². The molecule has 6 N–H and O–H groups in total. The second kappa shape index (κ2) is 7.55. The number of ether oxygens (including phenoxy) is 4. The number of nitrogens with two attached hydrogens (primary N) is 3. The molecule has 0 spiro atoms. The van der Waals surface area contributed by atoms with Crippen molar-refractivity contribution in [3.63, 3.8) is 0 Å². The maximum absolute atomic E-state index is 5.14. The van der Waals surface area contributed by atoms with Gasteiger partial charge in [-0.05, 0) is 0 Å². The zero-order chi connectivity index (χ0) is 14.2. The fourth-order valence-electron chi connectivity index (χ4n) is 0.927. The molecule has 0 atom stereocenters. The maximum atomic E-state index is 5.14. The van der Waals surface area contributed by atoms with Crippen LogP contribution in [0, 0.1) is 0 Å². The van der Waals surface area contributed by atoms with E-state index in [1.54, 1.807) is 0 Å². The fourth-order valence-corrected chi connectivity index (χ4v) is 0.927. The molecular weight excluding hydrogens is 244 g/mol. The maximum Gasteiger partial charge on any atom is 0.411 e. The predicted octanol–water partition coefficient (Wildman–Crippen LogP) is -1.20. The van der Waals surface area contributed by atoms with Crippen molar-refractivity contribution in [3.8, 4) is 0 Å². The van der Waals surface area contributed by atoms with Crippen molar-refractivity contribution in [1.29, 1.82) is 0 Å². The molecular formula is C8H18N6O4.